The summed E-state index contributed by atoms with van der Waals surface area (Å²) in [6.07, 6.45) is 1.25. The van der Waals surface area contributed by atoms with Crippen LogP contribution in [0.15, 0.2) is 59.7 Å². The van der Waals surface area contributed by atoms with Crippen LogP contribution in [0.1, 0.15) is 73.1 Å². The summed E-state index contributed by atoms with van der Waals surface area (Å²) < 4.78 is 52.6. The Kier molecular flexibility index (Phi) is 6.64. The molecule has 4 rings (SSSR count). The van der Waals surface area contributed by atoms with Gasteiger partial charge in [0.15, 0.2) is 0 Å². The van der Waals surface area contributed by atoms with Crippen molar-refractivity contribution in [3.8, 4) is 0 Å². The third kappa shape index (κ3) is 4.94. The van der Waals surface area contributed by atoms with E-state index in [-0.39, 0.29) is 24.7 Å². The van der Waals surface area contributed by atoms with E-state index in [2.05, 4.69) is 6.92 Å². The summed E-state index contributed by atoms with van der Waals surface area (Å²) >= 11 is 0. The molecule has 0 nitrogen and oxygen atoms in total. The predicted octanol–water partition coefficient (Wildman–Crippen LogP) is 8.46. The molecule has 0 bridgehead atoms. The summed E-state index contributed by atoms with van der Waals surface area (Å²) in [5.41, 5.74) is 5.98. The Hall–Kier alpha value is -2.36. The van der Waals surface area contributed by atoms with E-state index < -0.39 is 12.9 Å². The Bertz CT molecular complexity index is 973. The lowest BCUT2D eigenvalue weighted by Crippen LogP contribution is -2.10. The van der Waals surface area contributed by atoms with E-state index in [0.717, 1.165) is 52.7 Å². The summed E-state index contributed by atoms with van der Waals surface area (Å²) in [5, 5.41) is 0. The lowest BCUT2D eigenvalue weighted by Gasteiger charge is -2.23. The van der Waals surface area contributed by atoms with Gasteiger partial charge >= 0.3 is 0 Å². The first-order chi connectivity index (χ1) is 14.9. The molecule has 0 heterocycles. The molecule has 0 saturated heterocycles. The van der Waals surface area contributed by atoms with Gasteiger partial charge in [-0.05, 0) is 47.4 Å². The third-order valence-electron chi connectivity index (χ3n) is 6.69. The van der Waals surface area contributed by atoms with Crippen molar-refractivity contribution in [3.05, 3.63) is 81.9 Å². The molecule has 0 aliphatic heterocycles. The van der Waals surface area contributed by atoms with Crippen LogP contribution in [0.5, 0.6) is 0 Å². The average Bonchev–Trinajstić information content (AvgIpc) is 3.23. The lowest BCUT2D eigenvalue weighted by atomic mass is 9.81. The van der Waals surface area contributed by atoms with Gasteiger partial charge in [0.05, 0.1) is 0 Å². The molecule has 0 aromatic heterocycles. The number of halogens is 4. The van der Waals surface area contributed by atoms with Crippen molar-refractivity contribution in [1.29, 1.82) is 0 Å². The number of hydrogen-bond acceptors (Lipinski definition) is 0. The largest absolute Gasteiger partial charge is 0.242 e. The Labute approximate surface area is 181 Å². The fourth-order valence-electron chi connectivity index (χ4n) is 5.27. The van der Waals surface area contributed by atoms with Gasteiger partial charge in [-0.25, -0.2) is 17.6 Å². The van der Waals surface area contributed by atoms with Gasteiger partial charge in [0.2, 0.25) is 12.9 Å². The van der Waals surface area contributed by atoms with E-state index in [4.69, 9.17) is 0 Å². The molecule has 2 aromatic rings. The molecular weight excluding hydrogens is 400 g/mol. The quantitative estimate of drug-likeness (QED) is 0.351. The predicted molar refractivity (Wildman–Crippen MR) is 119 cm³/mol. The first kappa shape index (κ1) is 21.9. The van der Waals surface area contributed by atoms with Crippen molar-refractivity contribution in [3.63, 3.8) is 0 Å². The molecule has 0 radical (unpaired) electrons. The average molecular weight is 429 g/mol. The first-order valence-electron chi connectivity index (χ1n) is 11.1. The van der Waals surface area contributed by atoms with Crippen molar-refractivity contribution in [2.75, 3.05) is 0 Å². The highest BCUT2D eigenvalue weighted by atomic mass is 19.3. The molecule has 0 amide bonds. The molecule has 0 spiro atoms. The van der Waals surface area contributed by atoms with Gasteiger partial charge in [-0.15, -0.1) is 0 Å². The molecule has 2 aliphatic rings. The highest BCUT2D eigenvalue weighted by Gasteiger charge is 2.30. The maximum Gasteiger partial charge on any atom is 0.242 e. The van der Waals surface area contributed by atoms with E-state index in [1.165, 1.54) is 0 Å². The topological polar surface area (TPSA) is 0 Å². The summed E-state index contributed by atoms with van der Waals surface area (Å²) in [5.74, 6) is 0.351. The molecule has 2 aromatic carbocycles. The molecule has 0 fully saturated rings. The summed E-state index contributed by atoms with van der Waals surface area (Å²) in [6, 6.07) is 15.9. The minimum absolute atomic E-state index is 0.0205. The van der Waals surface area contributed by atoms with Crippen LogP contribution in [-0.2, 0) is 0 Å². The fraction of sp³-hybridized carbons (Fsp3) is 0.407. The van der Waals surface area contributed by atoms with Gasteiger partial charge in [0.25, 0.3) is 0 Å². The Morgan fingerprint density at radius 1 is 0.710 bits per heavy atom. The van der Waals surface area contributed by atoms with E-state index in [1.807, 2.05) is 60.7 Å². The lowest BCUT2D eigenvalue weighted by molar-refractivity contribution is 0.146. The molecular formula is C27H28F4. The number of alkyl halides is 4. The van der Waals surface area contributed by atoms with E-state index in [0.29, 0.717) is 5.92 Å². The molecule has 3 unspecified atom stereocenters. The normalized spacial score (nSPS) is 20.6. The fourth-order valence-corrected chi connectivity index (χ4v) is 5.27. The van der Waals surface area contributed by atoms with E-state index in [1.54, 1.807) is 0 Å². The van der Waals surface area contributed by atoms with Crippen molar-refractivity contribution in [2.45, 2.75) is 63.7 Å². The van der Waals surface area contributed by atoms with Crippen molar-refractivity contribution in [1.82, 2.24) is 0 Å². The maximum absolute atomic E-state index is 13.2. The van der Waals surface area contributed by atoms with Gasteiger partial charge in [-0.2, -0.15) is 0 Å². The SMILES string of the molecule is CC(CCC1C(CC(F)F)=Cc2ccccc21)CC1C(CC(F)F)=Cc2ccccc21. The third-order valence-corrected chi connectivity index (χ3v) is 6.69. The maximum atomic E-state index is 13.2. The smallest absolute Gasteiger partial charge is 0.210 e. The highest BCUT2D eigenvalue weighted by molar-refractivity contribution is 5.67. The van der Waals surface area contributed by atoms with Crippen molar-refractivity contribution < 1.29 is 17.6 Å². The molecule has 3 atom stereocenters. The van der Waals surface area contributed by atoms with Crippen LogP contribution < -0.4 is 0 Å². The second-order valence-corrected chi connectivity index (χ2v) is 8.91. The van der Waals surface area contributed by atoms with Gasteiger partial charge in [0.1, 0.15) is 0 Å². The van der Waals surface area contributed by atoms with Gasteiger partial charge in [-0.1, -0.05) is 78.8 Å². The number of benzene rings is 2. The molecule has 31 heavy (non-hydrogen) atoms. The van der Waals surface area contributed by atoms with Crippen LogP contribution in [-0.4, -0.2) is 12.9 Å². The highest BCUT2D eigenvalue weighted by Crippen LogP contribution is 2.45. The Morgan fingerprint density at radius 3 is 1.74 bits per heavy atom. The van der Waals surface area contributed by atoms with E-state index in [9.17, 15) is 17.6 Å². The zero-order valence-corrected chi connectivity index (χ0v) is 17.7. The number of rotatable bonds is 9. The summed E-state index contributed by atoms with van der Waals surface area (Å²) in [4.78, 5) is 0. The van der Waals surface area contributed by atoms with Crippen molar-refractivity contribution >= 4 is 12.2 Å². The summed E-state index contributed by atoms with van der Waals surface area (Å²) in [7, 11) is 0. The van der Waals surface area contributed by atoms with Crippen LogP contribution in [0.2, 0.25) is 0 Å². The number of allylic oxidation sites excluding steroid dienone is 2. The minimum Gasteiger partial charge on any atom is -0.210 e. The molecule has 2 aliphatic carbocycles. The van der Waals surface area contributed by atoms with Crippen molar-refractivity contribution in [2.24, 2.45) is 5.92 Å². The second kappa shape index (κ2) is 9.42. The minimum atomic E-state index is -2.35. The van der Waals surface area contributed by atoms with Crippen LogP contribution in [0.4, 0.5) is 17.6 Å². The molecule has 0 N–H and O–H groups in total. The molecule has 0 saturated carbocycles. The van der Waals surface area contributed by atoms with Crippen LogP contribution in [0.3, 0.4) is 0 Å². The standard InChI is InChI=1S/C27H28F4/c1-17(12-25-21(16-27(30)31)14-19-7-3-5-9-23(19)25)10-11-24-20(15-26(28)29)13-18-6-2-4-8-22(18)24/h2-9,13-14,17,24-27H,10-12,15-16H2,1H3. The van der Waals surface area contributed by atoms with Crippen LogP contribution in [0, 0.1) is 5.92 Å². The monoisotopic (exact) mass is 428 g/mol. The van der Waals surface area contributed by atoms with Gasteiger partial charge in [0, 0.05) is 24.7 Å². The Morgan fingerprint density at radius 2 is 1.19 bits per heavy atom. The first-order valence-corrected chi connectivity index (χ1v) is 11.1. The van der Waals surface area contributed by atoms with E-state index >= 15 is 0 Å². The van der Waals surface area contributed by atoms with Gasteiger partial charge in [-0.3, -0.25) is 0 Å². The number of fused-ring (bicyclic) bond motifs is 2. The Balaban J connectivity index is 1.44. The second-order valence-electron chi connectivity index (χ2n) is 8.91. The molecule has 164 valence electrons. The summed E-state index contributed by atoms with van der Waals surface area (Å²) in [6.45, 7) is 2.15. The van der Waals surface area contributed by atoms with Crippen LogP contribution >= 0.6 is 0 Å². The zero-order chi connectivity index (χ0) is 22.0. The molecule has 4 heteroatoms. The van der Waals surface area contributed by atoms with Gasteiger partial charge < -0.3 is 0 Å². The number of hydrogen-bond donors (Lipinski definition) is 0. The van der Waals surface area contributed by atoms with Crippen LogP contribution in [0.25, 0.3) is 12.2 Å². The zero-order valence-electron chi connectivity index (χ0n) is 17.7.